The number of hydrogen-bond acceptors (Lipinski definition) is 0. The minimum absolute atomic E-state index is 0.0470. The third-order valence-electron chi connectivity index (χ3n) is 8.51. The predicted octanol–water partition coefficient (Wildman–Crippen LogP) is 8.59. The molecule has 0 nitrogen and oxygen atoms in total. The zero-order valence-electron chi connectivity index (χ0n) is 18.8. The van der Waals surface area contributed by atoms with Crippen LogP contribution in [-0.4, -0.2) is 22.6 Å². The molecule has 2 aromatic rings. The fourth-order valence-corrected chi connectivity index (χ4v) is 15.2. The van der Waals surface area contributed by atoms with Gasteiger partial charge in [0, 0.05) is 11.8 Å². The molecule has 0 amide bonds. The summed E-state index contributed by atoms with van der Waals surface area (Å²) in [6, 6.07) is 19.0. The second-order valence-corrected chi connectivity index (χ2v) is 16.4. The monoisotopic (exact) mass is 432 g/mol. The molecule has 0 aromatic heterocycles. The molecule has 2 fully saturated rings. The standard InChI is InChI=1S/C28H34P2/c1-17-13-14-18(2)29(17)27-25-21-9-5-7-11-23(21)26(24-12-8-6-10-22(24)25)28(27)30-19(3)15-16-20(30)4/h5-12,17-20,25-26H,13-16H2,1-4H3/t17-,18-,19+,20+,25?,26?. The lowest BCUT2D eigenvalue weighted by molar-refractivity contribution is 0.777. The van der Waals surface area contributed by atoms with Crippen LogP contribution in [0, 0.1) is 0 Å². The first-order valence-corrected chi connectivity index (χ1v) is 15.0. The van der Waals surface area contributed by atoms with Gasteiger partial charge in [-0.1, -0.05) is 92.1 Å². The van der Waals surface area contributed by atoms with E-state index in [-0.39, 0.29) is 15.8 Å². The number of benzene rings is 2. The highest BCUT2D eigenvalue weighted by molar-refractivity contribution is 7.68. The van der Waals surface area contributed by atoms with Gasteiger partial charge in [0.1, 0.15) is 0 Å². The van der Waals surface area contributed by atoms with Gasteiger partial charge < -0.3 is 0 Å². The summed E-state index contributed by atoms with van der Waals surface area (Å²) in [4.78, 5) is 0. The van der Waals surface area contributed by atoms with Crippen molar-refractivity contribution in [3.8, 4) is 0 Å². The lowest BCUT2D eigenvalue weighted by Gasteiger charge is -2.49. The highest BCUT2D eigenvalue weighted by Crippen LogP contribution is 2.78. The lowest BCUT2D eigenvalue weighted by Crippen LogP contribution is -2.29. The van der Waals surface area contributed by atoms with Gasteiger partial charge in [-0.25, -0.2) is 0 Å². The third-order valence-corrected chi connectivity index (χ3v) is 15.6. The summed E-state index contributed by atoms with van der Waals surface area (Å²) < 4.78 is 0. The molecule has 2 aliphatic heterocycles. The molecule has 7 rings (SSSR count). The molecular weight excluding hydrogens is 398 g/mol. The molecule has 2 aromatic carbocycles. The Hall–Kier alpha value is -0.960. The van der Waals surface area contributed by atoms with Gasteiger partial charge in [-0.05, 0) is 81.2 Å². The van der Waals surface area contributed by atoms with E-state index < -0.39 is 0 Å². The van der Waals surface area contributed by atoms with Crippen molar-refractivity contribution in [1.29, 1.82) is 0 Å². The van der Waals surface area contributed by atoms with Crippen molar-refractivity contribution >= 4 is 15.8 Å². The maximum atomic E-state index is 2.58. The van der Waals surface area contributed by atoms with E-state index in [1.807, 2.05) is 10.6 Å². The number of rotatable bonds is 2. The molecule has 2 saturated heterocycles. The number of allylic oxidation sites excluding steroid dienone is 2. The fraction of sp³-hybridized carbons (Fsp3) is 0.500. The van der Waals surface area contributed by atoms with Crippen LogP contribution in [0.1, 0.15) is 87.5 Å². The van der Waals surface area contributed by atoms with Crippen molar-refractivity contribution < 1.29 is 0 Å². The molecule has 5 aliphatic rings. The first-order chi connectivity index (χ1) is 14.6. The highest BCUT2D eigenvalue weighted by Gasteiger charge is 2.51. The number of hydrogen-bond donors (Lipinski definition) is 0. The second-order valence-electron chi connectivity index (χ2n) is 10.3. The Bertz CT molecular complexity index is 873. The second kappa shape index (κ2) is 7.29. The first kappa shape index (κ1) is 19.7. The summed E-state index contributed by atoms with van der Waals surface area (Å²) in [5.74, 6) is 1.07. The minimum Gasteiger partial charge on any atom is -0.0725 e. The minimum atomic E-state index is -0.0470. The summed E-state index contributed by atoms with van der Waals surface area (Å²) in [7, 11) is -0.0941. The van der Waals surface area contributed by atoms with E-state index in [0.29, 0.717) is 11.8 Å². The summed E-state index contributed by atoms with van der Waals surface area (Å²) in [5.41, 5.74) is 10.1. The Kier molecular flexibility index (Phi) is 4.79. The van der Waals surface area contributed by atoms with Gasteiger partial charge in [-0.3, -0.25) is 0 Å². The smallest absolute Gasteiger partial charge is 0.0354 e. The van der Waals surface area contributed by atoms with E-state index in [1.165, 1.54) is 25.7 Å². The quantitative estimate of drug-likeness (QED) is 0.417. The normalized spacial score (nSPS) is 35.7. The predicted molar refractivity (Wildman–Crippen MR) is 134 cm³/mol. The van der Waals surface area contributed by atoms with Crippen LogP contribution in [0.4, 0.5) is 0 Å². The van der Waals surface area contributed by atoms with Gasteiger partial charge in [0.2, 0.25) is 0 Å². The lowest BCUT2D eigenvalue weighted by atomic mass is 9.67. The van der Waals surface area contributed by atoms with Crippen LogP contribution < -0.4 is 0 Å². The highest BCUT2D eigenvalue weighted by atomic mass is 31.1. The van der Waals surface area contributed by atoms with Crippen LogP contribution in [0.5, 0.6) is 0 Å². The summed E-state index contributed by atoms with van der Waals surface area (Å²) >= 11 is 0. The van der Waals surface area contributed by atoms with Gasteiger partial charge in [0.25, 0.3) is 0 Å². The first-order valence-electron chi connectivity index (χ1n) is 12.1. The third kappa shape index (κ3) is 2.66. The largest absolute Gasteiger partial charge is 0.0725 e. The van der Waals surface area contributed by atoms with Crippen LogP contribution in [-0.2, 0) is 0 Å². The van der Waals surface area contributed by atoms with Gasteiger partial charge in [-0.15, -0.1) is 0 Å². The van der Waals surface area contributed by atoms with Crippen LogP contribution in [0.25, 0.3) is 0 Å². The van der Waals surface area contributed by atoms with Crippen LogP contribution in [0.2, 0.25) is 0 Å². The van der Waals surface area contributed by atoms with Gasteiger partial charge >= 0.3 is 0 Å². The SMILES string of the molecule is C[C@@H]1CC[C@@H](C)P1C1=C(P2[C@@H](C)CC[C@@H]2C)C2c3ccccc3C1c1ccccc12. The molecule has 0 N–H and O–H groups in total. The van der Waals surface area contributed by atoms with E-state index >= 15 is 0 Å². The average Bonchev–Trinajstić information content (AvgIpc) is 3.27. The van der Waals surface area contributed by atoms with E-state index in [1.54, 1.807) is 22.3 Å². The fourth-order valence-electron chi connectivity index (χ4n) is 7.20. The van der Waals surface area contributed by atoms with Crippen molar-refractivity contribution in [1.82, 2.24) is 0 Å². The maximum absolute atomic E-state index is 2.58. The molecule has 0 unspecified atom stereocenters. The van der Waals surface area contributed by atoms with Crippen molar-refractivity contribution in [3.63, 3.8) is 0 Å². The Morgan fingerprint density at radius 2 is 0.767 bits per heavy atom. The molecule has 3 aliphatic carbocycles. The van der Waals surface area contributed by atoms with Crippen LogP contribution in [0.15, 0.2) is 59.2 Å². The molecule has 0 saturated carbocycles. The van der Waals surface area contributed by atoms with Crippen LogP contribution in [0.3, 0.4) is 0 Å². The topological polar surface area (TPSA) is 0 Å². The summed E-state index contributed by atoms with van der Waals surface area (Å²) in [6.07, 6.45) is 5.75. The summed E-state index contributed by atoms with van der Waals surface area (Å²) in [5, 5.41) is 3.94. The average molecular weight is 433 g/mol. The molecular formula is C28H34P2. The van der Waals surface area contributed by atoms with Crippen LogP contribution >= 0.6 is 15.8 Å². The molecule has 2 heterocycles. The van der Waals surface area contributed by atoms with Crippen molar-refractivity contribution in [2.24, 2.45) is 0 Å². The maximum Gasteiger partial charge on any atom is 0.0354 e. The Labute approximate surface area is 185 Å². The van der Waals surface area contributed by atoms with E-state index in [2.05, 4.69) is 76.2 Å². The molecule has 4 atom stereocenters. The molecule has 156 valence electrons. The Balaban J connectivity index is 1.66. The molecule has 0 radical (unpaired) electrons. The van der Waals surface area contributed by atoms with E-state index in [0.717, 1.165) is 22.6 Å². The molecule has 30 heavy (non-hydrogen) atoms. The van der Waals surface area contributed by atoms with E-state index in [9.17, 15) is 0 Å². The Morgan fingerprint density at radius 3 is 1.03 bits per heavy atom. The van der Waals surface area contributed by atoms with Crippen molar-refractivity contribution in [3.05, 3.63) is 81.4 Å². The van der Waals surface area contributed by atoms with Gasteiger partial charge in [0.05, 0.1) is 0 Å². The van der Waals surface area contributed by atoms with Crippen molar-refractivity contribution in [2.75, 3.05) is 0 Å². The molecule has 2 bridgehead atoms. The Morgan fingerprint density at radius 1 is 0.500 bits per heavy atom. The van der Waals surface area contributed by atoms with E-state index in [4.69, 9.17) is 0 Å². The zero-order chi connectivity index (χ0) is 20.6. The molecule has 2 heteroatoms. The van der Waals surface area contributed by atoms with Gasteiger partial charge in [-0.2, -0.15) is 0 Å². The summed E-state index contributed by atoms with van der Waals surface area (Å²) in [6.45, 7) is 10.3. The van der Waals surface area contributed by atoms with Gasteiger partial charge in [0.15, 0.2) is 0 Å². The molecule has 0 spiro atoms. The zero-order valence-corrected chi connectivity index (χ0v) is 20.6. The van der Waals surface area contributed by atoms with Crippen molar-refractivity contribution in [2.45, 2.75) is 87.9 Å².